The van der Waals surface area contributed by atoms with Crippen LogP contribution in [0.15, 0.2) is 22.2 Å². The number of halogens is 1. The van der Waals surface area contributed by atoms with Gasteiger partial charge < -0.3 is 5.32 Å². The molecular weight excluding hydrogens is 289 g/mol. The first-order valence-corrected chi connectivity index (χ1v) is 7.78. The van der Waals surface area contributed by atoms with Crippen molar-refractivity contribution in [3.63, 3.8) is 0 Å². The summed E-state index contributed by atoms with van der Waals surface area (Å²) in [4.78, 5) is 0.975. The lowest BCUT2D eigenvalue weighted by Gasteiger charge is -2.18. The summed E-state index contributed by atoms with van der Waals surface area (Å²) in [5.74, 6) is -0.185. The second kappa shape index (κ2) is 7.00. The molecule has 0 radical (unpaired) electrons. The highest BCUT2D eigenvalue weighted by atomic mass is 32.2. The molecule has 1 unspecified atom stereocenters. The molecule has 1 N–H and O–H groups in total. The molecule has 0 amide bonds. The van der Waals surface area contributed by atoms with E-state index in [1.807, 2.05) is 13.0 Å². The zero-order chi connectivity index (χ0) is 15.4. The van der Waals surface area contributed by atoms with Gasteiger partial charge in [0.15, 0.2) is 0 Å². The average Bonchev–Trinajstić information content (AvgIpc) is 2.85. The SMILES string of the molecule is CCCNC(C)c1cc(F)c(C)cc1Sc1nnnn1C. The highest BCUT2D eigenvalue weighted by molar-refractivity contribution is 7.99. The number of benzene rings is 1. The standard InChI is InChI=1S/C14H20FN5S/c1-5-6-16-10(3)11-8-12(15)9(2)7-13(11)21-14-17-18-19-20(14)4/h7-8,10,16H,5-6H2,1-4H3. The predicted molar refractivity (Wildman–Crippen MR) is 80.8 cm³/mol. The van der Waals surface area contributed by atoms with Gasteiger partial charge in [-0.1, -0.05) is 6.92 Å². The molecule has 1 heterocycles. The zero-order valence-corrected chi connectivity index (χ0v) is 13.5. The summed E-state index contributed by atoms with van der Waals surface area (Å²) in [6, 6.07) is 3.53. The summed E-state index contributed by atoms with van der Waals surface area (Å²) >= 11 is 1.45. The molecule has 0 saturated carbocycles. The van der Waals surface area contributed by atoms with Gasteiger partial charge in [-0.2, -0.15) is 0 Å². The second-order valence-corrected chi connectivity index (χ2v) is 6.01. The van der Waals surface area contributed by atoms with Crippen molar-refractivity contribution in [2.75, 3.05) is 6.54 Å². The van der Waals surface area contributed by atoms with E-state index in [1.54, 1.807) is 24.7 Å². The molecule has 2 aromatic rings. The van der Waals surface area contributed by atoms with Gasteiger partial charge in [-0.15, -0.1) is 5.10 Å². The molecule has 114 valence electrons. The van der Waals surface area contributed by atoms with Crippen molar-refractivity contribution in [2.24, 2.45) is 7.05 Å². The summed E-state index contributed by atoms with van der Waals surface area (Å²) < 4.78 is 15.5. The fourth-order valence-electron chi connectivity index (χ4n) is 1.97. The van der Waals surface area contributed by atoms with E-state index >= 15 is 0 Å². The molecule has 21 heavy (non-hydrogen) atoms. The van der Waals surface area contributed by atoms with Crippen molar-refractivity contribution in [3.8, 4) is 0 Å². The second-order valence-electron chi connectivity index (χ2n) is 5.00. The molecule has 0 aliphatic rings. The lowest BCUT2D eigenvalue weighted by molar-refractivity contribution is 0.552. The minimum absolute atomic E-state index is 0.0729. The van der Waals surface area contributed by atoms with E-state index in [1.165, 1.54) is 11.8 Å². The van der Waals surface area contributed by atoms with Crippen LogP contribution in [-0.4, -0.2) is 26.8 Å². The Morgan fingerprint density at radius 2 is 2.19 bits per heavy atom. The maximum Gasteiger partial charge on any atom is 0.213 e. The van der Waals surface area contributed by atoms with E-state index in [9.17, 15) is 4.39 Å². The Kier molecular flexibility index (Phi) is 5.30. The third-order valence-electron chi connectivity index (χ3n) is 3.24. The number of rotatable bonds is 6. The minimum Gasteiger partial charge on any atom is -0.310 e. The Balaban J connectivity index is 2.33. The van der Waals surface area contributed by atoms with Gasteiger partial charge in [0.25, 0.3) is 0 Å². The Bertz CT molecular complexity index is 613. The zero-order valence-electron chi connectivity index (χ0n) is 12.7. The summed E-state index contributed by atoms with van der Waals surface area (Å²) in [6.45, 7) is 6.81. The number of nitrogens with zero attached hydrogens (tertiary/aromatic N) is 4. The number of aromatic nitrogens is 4. The molecule has 1 aromatic carbocycles. The summed E-state index contributed by atoms with van der Waals surface area (Å²) in [5, 5.41) is 15.5. The Morgan fingerprint density at radius 1 is 1.43 bits per heavy atom. The summed E-state index contributed by atoms with van der Waals surface area (Å²) in [6.07, 6.45) is 1.04. The molecule has 0 fully saturated rings. The Morgan fingerprint density at radius 3 is 2.81 bits per heavy atom. The van der Waals surface area contributed by atoms with E-state index < -0.39 is 0 Å². The van der Waals surface area contributed by atoms with Crippen molar-refractivity contribution in [3.05, 3.63) is 29.1 Å². The van der Waals surface area contributed by atoms with Gasteiger partial charge in [0.05, 0.1) is 0 Å². The van der Waals surface area contributed by atoms with Crippen LogP contribution >= 0.6 is 11.8 Å². The van der Waals surface area contributed by atoms with Crippen LogP contribution < -0.4 is 5.32 Å². The normalized spacial score (nSPS) is 12.6. The first-order valence-electron chi connectivity index (χ1n) is 6.96. The lowest BCUT2D eigenvalue weighted by atomic mass is 10.1. The molecular formula is C14H20FN5S. The van der Waals surface area contributed by atoms with Crippen LogP contribution in [0.25, 0.3) is 0 Å². The van der Waals surface area contributed by atoms with Gasteiger partial charge in [0, 0.05) is 18.0 Å². The molecule has 1 aromatic heterocycles. The van der Waals surface area contributed by atoms with Crippen LogP contribution in [0.2, 0.25) is 0 Å². The van der Waals surface area contributed by atoms with Crippen molar-refractivity contribution in [1.29, 1.82) is 0 Å². The van der Waals surface area contributed by atoms with Gasteiger partial charge in [-0.05, 0) is 72.3 Å². The van der Waals surface area contributed by atoms with Crippen molar-refractivity contribution < 1.29 is 4.39 Å². The average molecular weight is 309 g/mol. The summed E-state index contributed by atoms with van der Waals surface area (Å²) in [7, 11) is 1.79. The molecule has 2 rings (SSSR count). The molecule has 0 aliphatic heterocycles. The van der Waals surface area contributed by atoms with E-state index in [0.29, 0.717) is 10.7 Å². The van der Waals surface area contributed by atoms with Crippen LogP contribution in [0, 0.1) is 12.7 Å². The van der Waals surface area contributed by atoms with Crippen LogP contribution in [-0.2, 0) is 7.05 Å². The van der Waals surface area contributed by atoms with Crippen molar-refractivity contribution >= 4 is 11.8 Å². The first kappa shape index (κ1) is 15.9. The highest BCUT2D eigenvalue weighted by Gasteiger charge is 2.16. The van der Waals surface area contributed by atoms with Gasteiger partial charge in [-0.3, -0.25) is 0 Å². The number of hydrogen-bond acceptors (Lipinski definition) is 5. The van der Waals surface area contributed by atoms with E-state index in [2.05, 4.69) is 27.8 Å². The largest absolute Gasteiger partial charge is 0.310 e. The quantitative estimate of drug-likeness (QED) is 0.889. The fourth-order valence-corrected chi connectivity index (χ4v) is 3.01. The monoisotopic (exact) mass is 309 g/mol. The molecule has 0 spiro atoms. The molecule has 5 nitrogen and oxygen atoms in total. The van der Waals surface area contributed by atoms with Crippen LogP contribution in [0.5, 0.6) is 0 Å². The van der Waals surface area contributed by atoms with Crippen LogP contribution in [0.3, 0.4) is 0 Å². The summed E-state index contributed by atoms with van der Waals surface area (Å²) in [5.41, 5.74) is 1.55. The molecule has 1 atom stereocenters. The van der Waals surface area contributed by atoms with Crippen molar-refractivity contribution in [1.82, 2.24) is 25.5 Å². The van der Waals surface area contributed by atoms with Gasteiger partial charge in [0.2, 0.25) is 5.16 Å². The van der Waals surface area contributed by atoms with E-state index in [4.69, 9.17) is 0 Å². The van der Waals surface area contributed by atoms with Gasteiger partial charge >= 0.3 is 0 Å². The topological polar surface area (TPSA) is 55.6 Å². The number of nitrogens with one attached hydrogen (secondary N) is 1. The van der Waals surface area contributed by atoms with Crippen LogP contribution in [0.4, 0.5) is 4.39 Å². The molecule has 0 saturated heterocycles. The number of hydrogen-bond donors (Lipinski definition) is 1. The van der Waals surface area contributed by atoms with Gasteiger partial charge in [0.1, 0.15) is 5.82 Å². The Hall–Kier alpha value is -1.47. The van der Waals surface area contributed by atoms with E-state index in [-0.39, 0.29) is 11.9 Å². The molecule has 0 bridgehead atoms. The van der Waals surface area contributed by atoms with Crippen molar-refractivity contribution in [2.45, 2.75) is 43.3 Å². The predicted octanol–water partition coefficient (Wildman–Crippen LogP) is 2.87. The minimum atomic E-state index is -0.185. The molecule has 7 heteroatoms. The number of tetrazole rings is 1. The van der Waals surface area contributed by atoms with Crippen LogP contribution in [0.1, 0.15) is 37.4 Å². The molecule has 0 aliphatic carbocycles. The fraction of sp³-hybridized carbons (Fsp3) is 0.500. The maximum atomic E-state index is 13.9. The highest BCUT2D eigenvalue weighted by Crippen LogP contribution is 2.33. The Labute approximate surface area is 128 Å². The first-order chi connectivity index (χ1) is 10.0. The third kappa shape index (κ3) is 3.79. The van der Waals surface area contributed by atoms with E-state index in [0.717, 1.165) is 23.4 Å². The van der Waals surface area contributed by atoms with Gasteiger partial charge in [-0.25, -0.2) is 9.07 Å². The maximum absolute atomic E-state index is 13.9. The third-order valence-corrected chi connectivity index (χ3v) is 4.34. The lowest BCUT2D eigenvalue weighted by Crippen LogP contribution is -2.20. The number of aryl methyl sites for hydroxylation is 2. The smallest absolute Gasteiger partial charge is 0.213 e.